The molecule has 0 radical (unpaired) electrons. The van der Waals surface area contributed by atoms with E-state index in [2.05, 4.69) is 56.2 Å². The van der Waals surface area contributed by atoms with E-state index in [9.17, 15) is 5.11 Å². The molecule has 2 heteroatoms. The van der Waals surface area contributed by atoms with Gasteiger partial charge >= 0.3 is 0 Å². The fraction of sp³-hybridized carbons (Fsp3) is 0.231. The SMILES string of the molecule is C=C/C=C(\C=C/C)c1cc2c(C)c(C)c(C)cc2n1C(/C=C/CO)=C/C=C\C. The van der Waals surface area contributed by atoms with Gasteiger partial charge < -0.3 is 9.67 Å². The Labute approximate surface area is 169 Å². The van der Waals surface area contributed by atoms with Crippen molar-refractivity contribution < 1.29 is 5.11 Å². The lowest BCUT2D eigenvalue weighted by Gasteiger charge is -2.14. The minimum absolute atomic E-state index is 0.00307. The maximum absolute atomic E-state index is 9.35. The average molecular weight is 374 g/mol. The van der Waals surface area contributed by atoms with E-state index in [0.717, 1.165) is 22.5 Å². The van der Waals surface area contributed by atoms with Crippen molar-refractivity contribution in [2.75, 3.05) is 6.61 Å². The molecule has 2 rings (SSSR count). The van der Waals surface area contributed by atoms with Crippen LogP contribution in [0, 0.1) is 20.8 Å². The number of nitrogens with zero attached hydrogens (tertiary/aromatic N) is 1. The van der Waals surface area contributed by atoms with Crippen LogP contribution in [0.3, 0.4) is 0 Å². The Kier molecular flexibility index (Phi) is 7.60. The van der Waals surface area contributed by atoms with Gasteiger partial charge in [0.05, 0.1) is 17.8 Å². The molecule has 0 amide bonds. The van der Waals surface area contributed by atoms with E-state index in [1.807, 2.05) is 50.3 Å². The van der Waals surface area contributed by atoms with Crippen molar-refractivity contribution in [1.29, 1.82) is 0 Å². The van der Waals surface area contributed by atoms with Gasteiger partial charge in [-0.1, -0.05) is 49.1 Å². The highest BCUT2D eigenvalue weighted by Crippen LogP contribution is 2.34. The summed E-state index contributed by atoms with van der Waals surface area (Å²) in [6.07, 6.45) is 17.8. The van der Waals surface area contributed by atoms with Gasteiger partial charge in [-0.3, -0.25) is 0 Å². The molecule has 1 heterocycles. The Balaban J connectivity index is 3.01. The molecular weight excluding hydrogens is 342 g/mol. The van der Waals surface area contributed by atoms with E-state index in [4.69, 9.17) is 0 Å². The molecule has 2 nitrogen and oxygen atoms in total. The number of hydrogen-bond donors (Lipinski definition) is 1. The summed E-state index contributed by atoms with van der Waals surface area (Å²) in [5.74, 6) is 0. The second-order valence-electron chi connectivity index (χ2n) is 6.80. The molecule has 0 aliphatic heterocycles. The second-order valence-corrected chi connectivity index (χ2v) is 6.80. The summed E-state index contributed by atoms with van der Waals surface area (Å²) < 4.78 is 2.26. The second kappa shape index (κ2) is 9.91. The van der Waals surface area contributed by atoms with Crippen molar-refractivity contribution in [3.05, 3.63) is 95.8 Å². The third-order valence-electron chi connectivity index (χ3n) is 5.00. The average Bonchev–Trinajstić information content (AvgIpc) is 3.05. The summed E-state index contributed by atoms with van der Waals surface area (Å²) in [5.41, 5.74) is 8.23. The number of aliphatic hydroxyl groups is 1. The summed E-state index contributed by atoms with van der Waals surface area (Å²) >= 11 is 0. The maximum Gasteiger partial charge on any atom is 0.0616 e. The van der Waals surface area contributed by atoms with E-state index < -0.39 is 0 Å². The number of aromatic nitrogens is 1. The van der Waals surface area contributed by atoms with E-state index in [0.29, 0.717) is 0 Å². The molecule has 0 fully saturated rings. The van der Waals surface area contributed by atoms with Crippen molar-refractivity contribution >= 4 is 22.2 Å². The van der Waals surface area contributed by atoms with Crippen LogP contribution in [0.15, 0.2) is 73.4 Å². The topological polar surface area (TPSA) is 25.2 Å². The first-order valence-corrected chi connectivity index (χ1v) is 9.68. The molecule has 0 unspecified atom stereocenters. The molecule has 2 aromatic rings. The number of fused-ring (bicyclic) bond motifs is 1. The standard InChI is InChI=1S/C26H31NO/c1-7-10-14-23(15-11-16-28)27-25(22(12-8-2)13-9-3)18-24-21(6)20(5)19(4)17-26(24)27/h7-15,17-18,28H,2,16H2,1,3-6H3/b10-7-,13-9-,15-11+,22-12+,23-14+. The largest absolute Gasteiger partial charge is 0.392 e. The Morgan fingerprint density at radius 3 is 2.39 bits per heavy atom. The van der Waals surface area contributed by atoms with Crippen molar-refractivity contribution in [1.82, 2.24) is 4.57 Å². The third-order valence-corrected chi connectivity index (χ3v) is 5.00. The van der Waals surface area contributed by atoms with E-state index in [-0.39, 0.29) is 6.61 Å². The Morgan fingerprint density at radius 2 is 1.79 bits per heavy atom. The summed E-state index contributed by atoms with van der Waals surface area (Å²) in [7, 11) is 0. The summed E-state index contributed by atoms with van der Waals surface area (Å²) in [5, 5.41) is 10.6. The zero-order chi connectivity index (χ0) is 20.7. The summed E-state index contributed by atoms with van der Waals surface area (Å²) in [4.78, 5) is 0. The first-order chi connectivity index (χ1) is 13.5. The zero-order valence-electron chi connectivity index (χ0n) is 17.7. The molecule has 146 valence electrons. The minimum atomic E-state index is 0.00307. The first-order valence-electron chi connectivity index (χ1n) is 9.68. The number of benzene rings is 1. The van der Waals surface area contributed by atoms with Crippen molar-refractivity contribution in [3.63, 3.8) is 0 Å². The highest BCUT2D eigenvalue weighted by atomic mass is 16.2. The van der Waals surface area contributed by atoms with Crippen LogP contribution in [0.25, 0.3) is 22.2 Å². The van der Waals surface area contributed by atoms with E-state index in [1.165, 1.54) is 22.1 Å². The van der Waals surface area contributed by atoms with E-state index >= 15 is 0 Å². The smallest absolute Gasteiger partial charge is 0.0616 e. The van der Waals surface area contributed by atoms with Crippen LogP contribution >= 0.6 is 0 Å². The normalized spacial score (nSPS) is 13.6. The van der Waals surface area contributed by atoms with Crippen LogP contribution in [0.1, 0.15) is 36.2 Å². The van der Waals surface area contributed by atoms with Crippen LogP contribution in [0.5, 0.6) is 0 Å². The number of hydrogen-bond acceptors (Lipinski definition) is 1. The molecule has 1 aromatic heterocycles. The molecule has 0 saturated heterocycles. The van der Waals surface area contributed by atoms with Gasteiger partial charge in [0.25, 0.3) is 0 Å². The van der Waals surface area contributed by atoms with Crippen LogP contribution < -0.4 is 0 Å². The molecule has 0 atom stereocenters. The molecule has 0 saturated carbocycles. The lowest BCUT2D eigenvalue weighted by atomic mass is 10.0. The number of aryl methyl sites for hydroxylation is 2. The Morgan fingerprint density at radius 1 is 1.04 bits per heavy atom. The van der Waals surface area contributed by atoms with Gasteiger partial charge in [-0.05, 0) is 81.2 Å². The molecule has 28 heavy (non-hydrogen) atoms. The molecule has 1 N–H and O–H groups in total. The van der Waals surface area contributed by atoms with Crippen LogP contribution in [-0.4, -0.2) is 16.3 Å². The Hall–Kier alpha value is -2.84. The van der Waals surface area contributed by atoms with Gasteiger partial charge in [0.15, 0.2) is 0 Å². The van der Waals surface area contributed by atoms with Gasteiger partial charge in [0.1, 0.15) is 0 Å². The number of rotatable bonds is 7. The fourth-order valence-electron chi connectivity index (χ4n) is 3.38. The maximum atomic E-state index is 9.35. The van der Waals surface area contributed by atoms with Crippen molar-refractivity contribution in [3.8, 4) is 0 Å². The predicted molar refractivity (Wildman–Crippen MR) is 124 cm³/mol. The summed E-state index contributed by atoms with van der Waals surface area (Å²) in [6, 6.07) is 4.50. The van der Waals surface area contributed by atoms with E-state index in [1.54, 1.807) is 6.08 Å². The predicted octanol–water partition coefficient (Wildman–Crippen LogP) is 6.68. The van der Waals surface area contributed by atoms with Crippen LogP contribution in [0.2, 0.25) is 0 Å². The third kappa shape index (κ3) is 4.35. The molecule has 1 aromatic carbocycles. The van der Waals surface area contributed by atoms with Crippen LogP contribution in [-0.2, 0) is 0 Å². The fourth-order valence-corrected chi connectivity index (χ4v) is 3.38. The quantitative estimate of drug-likeness (QED) is 0.538. The van der Waals surface area contributed by atoms with Crippen LogP contribution in [0.4, 0.5) is 0 Å². The molecule has 0 aliphatic carbocycles. The Bertz CT molecular complexity index is 1010. The van der Waals surface area contributed by atoms with Crippen molar-refractivity contribution in [2.45, 2.75) is 34.6 Å². The number of aliphatic hydroxyl groups excluding tert-OH is 1. The van der Waals surface area contributed by atoms with Gasteiger partial charge in [-0.25, -0.2) is 0 Å². The van der Waals surface area contributed by atoms with Gasteiger partial charge in [0, 0.05) is 11.1 Å². The van der Waals surface area contributed by atoms with Crippen molar-refractivity contribution in [2.24, 2.45) is 0 Å². The van der Waals surface area contributed by atoms with Gasteiger partial charge in [-0.15, -0.1) is 0 Å². The monoisotopic (exact) mass is 373 g/mol. The lowest BCUT2D eigenvalue weighted by molar-refractivity contribution is 0.343. The zero-order valence-corrected chi connectivity index (χ0v) is 17.7. The number of allylic oxidation sites excluding steroid dienone is 10. The minimum Gasteiger partial charge on any atom is -0.392 e. The first kappa shape index (κ1) is 21.5. The van der Waals surface area contributed by atoms with Gasteiger partial charge in [-0.2, -0.15) is 0 Å². The molecule has 0 bridgehead atoms. The molecule has 0 spiro atoms. The highest BCUT2D eigenvalue weighted by molar-refractivity contribution is 5.95. The summed E-state index contributed by atoms with van der Waals surface area (Å²) in [6.45, 7) is 14.4. The molecule has 0 aliphatic rings. The molecular formula is C26H31NO. The highest BCUT2D eigenvalue weighted by Gasteiger charge is 2.16. The van der Waals surface area contributed by atoms with Gasteiger partial charge in [0.2, 0.25) is 0 Å². The lowest BCUT2D eigenvalue weighted by Crippen LogP contribution is -2.01.